The van der Waals surface area contributed by atoms with Gasteiger partial charge < -0.3 is 14.5 Å². The van der Waals surface area contributed by atoms with Crippen molar-refractivity contribution in [2.24, 2.45) is 14.1 Å². The van der Waals surface area contributed by atoms with Gasteiger partial charge in [-0.1, -0.05) is 54.6 Å². The van der Waals surface area contributed by atoms with Crippen molar-refractivity contribution in [1.29, 1.82) is 0 Å². The van der Waals surface area contributed by atoms with Crippen LogP contribution in [0.2, 0.25) is 0 Å². The zero-order chi connectivity index (χ0) is 43.5. The zero-order valence-electron chi connectivity index (χ0n) is 34.7. The standard InChI is InChI=1S/C48H44N8O6S/c1-53-40-18-14-33(22-36(40)25-49-53)27-55(28-34-15-19-41-37(23-34)26-50-54(41)2)21-20-32-12-16-38(17-13-32)51-47(60)48(29-61-46(59)35-8-4-3-5-9-35)30-63-31-56(48)52-45(58)44-24-42(57)39-10-6-7-11-43(39)62-44/h3-19,22-26H,20-21,27-31H2,1-2H3,(H,51,60)(H,52,58). The van der Waals surface area contributed by atoms with E-state index in [4.69, 9.17) is 9.15 Å². The summed E-state index contributed by atoms with van der Waals surface area (Å²) in [6.45, 7) is 1.87. The van der Waals surface area contributed by atoms with Gasteiger partial charge in [0.15, 0.2) is 16.7 Å². The van der Waals surface area contributed by atoms with Crippen LogP contribution in [0.4, 0.5) is 5.69 Å². The molecule has 8 aromatic rings. The number of hydrogen-bond acceptors (Lipinski definition) is 11. The highest BCUT2D eigenvalue weighted by Crippen LogP contribution is 2.32. The number of esters is 1. The van der Waals surface area contributed by atoms with Crippen molar-refractivity contribution < 1.29 is 23.5 Å². The maximum atomic E-state index is 14.5. The predicted octanol–water partition coefficient (Wildman–Crippen LogP) is 6.70. The van der Waals surface area contributed by atoms with Crippen LogP contribution in [0, 0.1) is 0 Å². The molecule has 1 unspecified atom stereocenters. The smallest absolute Gasteiger partial charge is 0.338 e. The van der Waals surface area contributed by atoms with E-state index in [-0.39, 0.29) is 35.0 Å². The van der Waals surface area contributed by atoms with Gasteiger partial charge in [0.25, 0.3) is 5.91 Å². The van der Waals surface area contributed by atoms with Gasteiger partial charge in [0, 0.05) is 62.0 Å². The average Bonchev–Trinajstić information content (AvgIpc) is 4.01. The number of carbonyl (C=O) groups excluding carboxylic acids is 3. The van der Waals surface area contributed by atoms with Crippen LogP contribution in [0.5, 0.6) is 0 Å². The SMILES string of the molecule is Cn1ncc2cc(CN(CCc3ccc(NC(=O)C4(COC(=O)c5ccccc5)CSCN4NC(=O)c4cc(=O)c5ccccc5o4)cc3)Cc3ccc4c(cnn4C)c3)ccc21. The molecule has 1 atom stereocenters. The molecule has 4 heterocycles. The van der Waals surface area contributed by atoms with Crippen molar-refractivity contribution in [3.05, 3.63) is 172 Å². The fraction of sp³-hybridized carbons (Fsp3) is 0.208. The predicted molar refractivity (Wildman–Crippen MR) is 243 cm³/mol. The van der Waals surface area contributed by atoms with Gasteiger partial charge in [0.2, 0.25) is 0 Å². The second kappa shape index (κ2) is 17.7. The van der Waals surface area contributed by atoms with E-state index in [1.165, 1.54) is 27.9 Å². The highest BCUT2D eigenvalue weighted by molar-refractivity contribution is 7.99. The van der Waals surface area contributed by atoms with Gasteiger partial charge in [-0.2, -0.15) is 15.2 Å². The Kier molecular flexibility index (Phi) is 11.6. The number of thioether (sulfide) groups is 1. The molecule has 63 heavy (non-hydrogen) atoms. The lowest BCUT2D eigenvalue weighted by atomic mass is 10.0. The molecule has 14 nitrogen and oxygen atoms in total. The molecule has 318 valence electrons. The number of hydrogen-bond donors (Lipinski definition) is 2. The second-order valence-corrected chi connectivity index (χ2v) is 16.7. The first-order chi connectivity index (χ1) is 30.6. The molecule has 1 saturated heterocycles. The molecule has 1 fully saturated rings. The summed E-state index contributed by atoms with van der Waals surface area (Å²) in [7, 11) is 3.89. The van der Waals surface area contributed by atoms with Gasteiger partial charge >= 0.3 is 11.9 Å². The van der Waals surface area contributed by atoms with Crippen LogP contribution in [0.1, 0.15) is 37.6 Å². The highest BCUT2D eigenvalue weighted by atomic mass is 32.2. The number of fused-ring (bicyclic) bond motifs is 3. The number of aromatic nitrogens is 4. The highest BCUT2D eigenvalue weighted by Gasteiger charge is 2.51. The number of rotatable bonds is 14. The molecule has 9 rings (SSSR count). The van der Waals surface area contributed by atoms with Crippen molar-refractivity contribution in [3.8, 4) is 0 Å². The number of nitrogens with one attached hydrogen (secondary N) is 2. The largest absolute Gasteiger partial charge is 0.459 e. The van der Waals surface area contributed by atoms with E-state index in [1.807, 2.05) is 60.1 Å². The Morgan fingerprint density at radius 2 is 1.43 bits per heavy atom. The molecular formula is C48H44N8O6S. The summed E-state index contributed by atoms with van der Waals surface area (Å²) in [5.41, 5.74) is 7.63. The van der Waals surface area contributed by atoms with Crippen molar-refractivity contribution in [3.63, 3.8) is 0 Å². The summed E-state index contributed by atoms with van der Waals surface area (Å²) in [4.78, 5) is 56.5. The van der Waals surface area contributed by atoms with E-state index in [2.05, 4.69) is 62.2 Å². The number of carbonyl (C=O) groups is 3. The van der Waals surface area contributed by atoms with Crippen molar-refractivity contribution in [2.45, 2.75) is 25.0 Å². The molecule has 2 N–H and O–H groups in total. The van der Waals surface area contributed by atoms with E-state index in [0.717, 1.165) is 59.5 Å². The third-order valence-electron chi connectivity index (χ3n) is 11.4. The van der Waals surface area contributed by atoms with Gasteiger partial charge in [-0.3, -0.25) is 34.1 Å². The van der Waals surface area contributed by atoms with Crippen LogP contribution < -0.4 is 16.2 Å². The van der Waals surface area contributed by atoms with Crippen LogP contribution >= 0.6 is 11.8 Å². The Labute approximate surface area is 366 Å². The molecule has 15 heteroatoms. The zero-order valence-corrected chi connectivity index (χ0v) is 35.5. The van der Waals surface area contributed by atoms with E-state index in [9.17, 15) is 19.2 Å². The Bertz CT molecular complexity index is 2960. The number of benzene rings is 5. The summed E-state index contributed by atoms with van der Waals surface area (Å²) in [6, 6.07) is 36.9. The van der Waals surface area contributed by atoms with Crippen LogP contribution in [-0.4, -0.2) is 77.6 Å². The monoisotopic (exact) mass is 860 g/mol. The molecule has 3 aromatic heterocycles. The average molecular weight is 861 g/mol. The van der Waals surface area contributed by atoms with Crippen LogP contribution in [0.15, 0.2) is 143 Å². The lowest BCUT2D eigenvalue weighted by molar-refractivity contribution is -0.129. The van der Waals surface area contributed by atoms with E-state index in [1.54, 1.807) is 54.6 Å². The molecular weight excluding hydrogens is 817 g/mol. The molecule has 0 bridgehead atoms. The third-order valence-corrected chi connectivity index (χ3v) is 12.5. The maximum Gasteiger partial charge on any atom is 0.338 e. The number of hydrazine groups is 1. The molecule has 5 aromatic carbocycles. The van der Waals surface area contributed by atoms with Gasteiger partial charge in [-0.25, -0.2) is 4.79 Å². The van der Waals surface area contributed by atoms with Crippen LogP contribution in [-0.2, 0) is 43.1 Å². The molecule has 0 radical (unpaired) electrons. The van der Waals surface area contributed by atoms with Crippen molar-refractivity contribution in [1.82, 2.24) is 34.9 Å². The number of anilines is 1. The Hall–Kier alpha value is -7.07. The van der Waals surface area contributed by atoms with E-state index >= 15 is 0 Å². The first kappa shape index (κ1) is 41.3. The van der Waals surface area contributed by atoms with Gasteiger partial charge in [-0.05, 0) is 83.8 Å². The van der Waals surface area contributed by atoms with Gasteiger partial charge in [-0.15, -0.1) is 11.8 Å². The first-order valence-electron chi connectivity index (χ1n) is 20.5. The summed E-state index contributed by atoms with van der Waals surface area (Å²) in [6.07, 6.45) is 4.54. The normalized spacial score (nSPS) is 15.3. The number of amides is 2. The molecule has 0 saturated carbocycles. The van der Waals surface area contributed by atoms with Crippen LogP contribution in [0.25, 0.3) is 32.8 Å². The summed E-state index contributed by atoms with van der Waals surface area (Å²) in [5.74, 6) is -1.64. The molecule has 1 aliphatic heterocycles. The molecule has 0 spiro atoms. The van der Waals surface area contributed by atoms with E-state index in [0.29, 0.717) is 16.6 Å². The lowest BCUT2D eigenvalue weighted by Gasteiger charge is -2.35. The minimum Gasteiger partial charge on any atom is -0.459 e. The molecule has 2 amide bonds. The minimum atomic E-state index is -1.52. The number of aryl methyl sites for hydroxylation is 2. The number of ether oxygens (including phenoxy) is 1. The van der Waals surface area contributed by atoms with Gasteiger partial charge in [0.05, 0.1) is 40.3 Å². The molecule has 1 aliphatic rings. The van der Waals surface area contributed by atoms with E-state index < -0.39 is 23.3 Å². The lowest BCUT2D eigenvalue weighted by Crippen LogP contribution is -2.63. The summed E-state index contributed by atoms with van der Waals surface area (Å²) < 4.78 is 15.3. The first-order valence-corrected chi connectivity index (χ1v) is 21.6. The number of nitrogens with zero attached hydrogens (tertiary/aromatic N) is 6. The Morgan fingerprint density at radius 3 is 2.11 bits per heavy atom. The quantitative estimate of drug-likeness (QED) is 0.112. The third kappa shape index (κ3) is 8.84. The Balaban J connectivity index is 0.915. The fourth-order valence-electron chi connectivity index (χ4n) is 7.90. The van der Waals surface area contributed by atoms with Gasteiger partial charge in [0.1, 0.15) is 12.2 Å². The van der Waals surface area contributed by atoms with Crippen molar-refractivity contribution in [2.75, 3.05) is 30.1 Å². The Morgan fingerprint density at radius 1 is 0.794 bits per heavy atom. The van der Waals surface area contributed by atoms with Crippen LogP contribution in [0.3, 0.4) is 0 Å². The summed E-state index contributed by atoms with van der Waals surface area (Å²) in [5, 5.41) is 15.9. The number of para-hydroxylation sites is 1. The maximum absolute atomic E-state index is 14.5. The second-order valence-electron chi connectivity index (χ2n) is 15.7. The molecule has 0 aliphatic carbocycles. The minimum absolute atomic E-state index is 0.193. The van der Waals surface area contributed by atoms with Crippen molar-refractivity contribution >= 4 is 68.0 Å². The topological polar surface area (TPSA) is 157 Å². The summed E-state index contributed by atoms with van der Waals surface area (Å²) >= 11 is 1.39. The fourth-order valence-corrected chi connectivity index (χ4v) is 9.19.